The van der Waals surface area contributed by atoms with E-state index >= 15 is 0 Å². The fourth-order valence-electron chi connectivity index (χ4n) is 2.04. The van der Waals surface area contributed by atoms with E-state index in [0.29, 0.717) is 28.5 Å². The minimum absolute atomic E-state index is 0.529. The van der Waals surface area contributed by atoms with Crippen LogP contribution in [-0.2, 0) is 7.05 Å². The zero-order valence-corrected chi connectivity index (χ0v) is 12.0. The summed E-state index contributed by atoms with van der Waals surface area (Å²) >= 11 is 0. The lowest BCUT2D eigenvalue weighted by atomic mass is 10.1. The number of aromatic nitrogens is 2. The predicted octanol–water partition coefficient (Wildman–Crippen LogP) is 1.53. The van der Waals surface area contributed by atoms with Crippen LogP contribution in [0.1, 0.15) is 17.4 Å². The molecule has 0 saturated heterocycles. The zero-order valence-electron chi connectivity index (χ0n) is 12.0. The molecule has 0 aliphatic heterocycles. The second kappa shape index (κ2) is 5.83. The first kappa shape index (κ1) is 14.2. The fourth-order valence-corrected chi connectivity index (χ4v) is 2.04. The summed E-state index contributed by atoms with van der Waals surface area (Å²) in [6.07, 6.45) is 0.678. The molecular weight excluding hydrogens is 260 g/mol. The highest BCUT2D eigenvalue weighted by Gasteiger charge is 2.21. The largest absolute Gasteiger partial charge is 0.497 e. The van der Waals surface area contributed by atoms with Crippen molar-refractivity contribution in [1.29, 1.82) is 0 Å². The van der Waals surface area contributed by atoms with E-state index in [1.54, 1.807) is 57.5 Å². The molecule has 6 nitrogen and oxygen atoms in total. The quantitative estimate of drug-likeness (QED) is 0.898. The van der Waals surface area contributed by atoms with Gasteiger partial charge < -0.3 is 19.3 Å². The Labute approximate surface area is 117 Å². The molecule has 0 amide bonds. The summed E-state index contributed by atoms with van der Waals surface area (Å²) in [5.74, 6) is 1.75. The number of methoxy groups -OCH3 is 3. The van der Waals surface area contributed by atoms with E-state index in [0.717, 1.165) is 0 Å². The summed E-state index contributed by atoms with van der Waals surface area (Å²) in [6, 6.07) is 5.25. The highest BCUT2D eigenvalue weighted by Crippen LogP contribution is 2.33. The van der Waals surface area contributed by atoms with Crippen molar-refractivity contribution in [1.82, 2.24) is 9.78 Å². The van der Waals surface area contributed by atoms with Gasteiger partial charge in [-0.1, -0.05) is 0 Å². The van der Waals surface area contributed by atoms with Crippen LogP contribution in [0.3, 0.4) is 0 Å². The topological polar surface area (TPSA) is 65.7 Å². The number of benzene rings is 1. The van der Waals surface area contributed by atoms with Crippen LogP contribution in [0.5, 0.6) is 17.2 Å². The number of aliphatic hydroxyl groups is 1. The maximum absolute atomic E-state index is 10.6. The molecule has 0 fully saturated rings. The van der Waals surface area contributed by atoms with E-state index in [-0.39, 0.29) is 0 Å². The third kappa shape index (κ3) is 2.55. The molecule has 1 aromatic carbocycles. The van der Waals surface area contributed by atoms with Gasteiger partial charge in [0.15, 0.2) is 5.75 Å². The van der Waals surface area contributed by atoms with Crippen molar-refractivity contribution in [3.8, 4) is 17.2 Å². The Morgan fingerprint density at radius 2 is 1.65 bits per heavy atom. The molecule has 0 saturated carbocycles. The van der Waals surface area contributed by atoms with Crippen molar-refractivity contribution in [3.05, 3.63) is 35.7 Å². The standard InChI is InChI=1S/C14H18N2O4/c1-16-13(12(20-4)8-15-16)14(17)9-5-10(18-2)7-11(6-9)19-3/h5-8,14,17H,1-4H3. The fraction of sp³-hybridized carbons (Fsp3) is 0.357. The monoisotopic (exact) mass is 278 g/mol. The Morgan fingerprint density at radius 1 is 1.05 bits per heavy atom. The van der Waals surface area contributed by atoms with Crippen LogP contribution in [0.4, 0.5) is 0 Å². The first-order valence-corrected chi connectivity index (χ1v) is 6.07. The molecule has 0 spiro atoms. The van der Waals surface area contributed by atoms with Crippen LogP contribution in [0, 0.1) is 0 Å². The van der Waals surface area contributed by atoms with E-state index in [4.69, 9.17) is 14.2 Å². The Bertz CT molecular complexity index is 573. The van der Waals surface area contributed by atoms with Crippen LogP contribution in [0.15, 0.2) is 24.4 Å². The molecule has 1 aromatic heterocycles. The average molecular weight is 278 g/mol. The van der Waals surface area contributed by atoms with E-state index in [1.165, 1.54) is 0 Å². The summed E-state index contributed by atoms with van der Waals surface area (Å²) in [6.45, 7) is 0. The molecule has 0 aliphatic rings. The molecule has 108 valence electrons. The summed E-state index contributed by atoms with van der Waals surface area (Å²) in [5.41, 5.74) is 1.21. The first-order chi connectivity index (χ1) is 9.60. The normalized spacial score (nSPS) is 12.1. The van der Waals surface area contributed by atoms with Crippen LogP contribution in [-0.4, -0.2) is 36.2 Å². The lowest BCUT2D eigenvalue weighted by Crippen LogP contribution is -2.08. The van der Waals surface area contributed by atoms with Crippen molar-refractivity contribution in [3.63, 3.8) is 0 Å². The Morgan fingerprint density at radius 3 is 2.15 bits per heavy atom. The van der Waals surface area contributed by atoms with Gasteiger partial charge in [-0.25, -0.2) is 0 Å². The van der Waals surface area contributed by atoms with Gasteiger partial charge in [-0.15, -0.1) is 0 Å². The van der Waals surface area contributed by atoms with E-state index < -0.39 is 6.10 Å². The molecule has 1 atom stereocenters. The van der Waals surface area contributed by atoms with E-state index in [1.807, 2.05) is 0 Å². The van der Waals surface area contributed by atoms with Crippen molar-refractivity contribution >= 4 is 0 Å². The minimum Gasteiger partial charge on any atom is -0.497 e. The highest BCUT2D eigenvalue weighted by molar-refractivity contribution is 5.43. The minimum atomic E-state index is -0.888. The van der Waals surface area contributed by atoms with Gasteiger partial charge in [0, 0.05) is 13.1 Å². The Kier molecular flexibility index (Phi) is 4.14. The molecule has 0 aliphatic carbocycles. The number of aryl methyl sites for hydroxylation is 1. The van der Waals surface area contributed by atoms with Crippen molar-refractivity contribution < 1.29 is 19.3 Å². The Balaban J connectivity index is 2.46. The third-order valence-electron chi connectivity index (χ3n) is 3.12. The molecule has 20 heavy (non-hydrogen) atoms. The highest BCUT2D eigenvalue weighted by atomic mass is 16.5. The molecule has 0 radical (unpaired) electrons. The van der Waals surface area contributed by atoms with Crippen molar-refractivity contribution in [2.24, 2.45) is 7.05 Å². The summed E-state index contributed by atoms with van der Waals surface area (Å²) < 4.78 is 17.2. The smallest absolute Gasteiger partial charge is 0.162 e. The second-order valence-electron chi connectivity index (χ2n) is 4.27. The van der Waals surface area contributed by atoms with Gasteiger partial charge in [0.1, 0.15) is 23.3 Å². The summed E-state index contributed by atoms with van der Waals surface area (Å²) in [4.78, 5) is 0. The van der Waals surface area contributed by atoms with Crippen LogP contribution >= 0.6 is 0 Å². The predicted molar refractivity (Wildman–Crippen MR) is 73.4 cm³/mol. The van der Waals surface area contributed by atoms with Gasteiger partial charge in [-0.05, 0) is 17.7 Å². The number of aliphatic hydroxyl groups excluding tert-OH is 1. The van der Waals surface area contributed by atoms with Gasteiger partial charge in [-0.3, -0.25) is 4.68 Å². The molecule has 2 rings (SSSR count). The molecule has 2 aromatic rings. The van der Waals surface area contributed by atoms with Gasteiger partial charge >= 0.3 is 0 Å². The number of nitrogens with zero attached hydrogens (tertiary/aromatic N) is 2. The maximum atomic E-state index is 10.6. The van der Waals surface area contributed by atoms with Crippen molar-refractivity contribution in [2.45, 2.75) is 6.10 Å². The first-order valence-electron chi connectivity index (χ1n) is 6.07. The number of rotatable bonds is 5. The molecule has 6 heteroatoms. The lowest BCUT2D eigenvalue weighted by molar-refractivity contribution is 0.203. The van der Waals surface area contributed by atoms with E-state index in [2.05, 4.69) is 5.10 Å². The van der Waals surface area contributed by atoms with Gasteiger partial charge in [0.05, 0.1) is 27.5 Å². The number of hydrogen-bond donors (Lipinski definition) is 1. The zero-order chi connectivity index (χ0) is 14.7. The number of hydrogen-bond acceptors (Lipinski definition) is 5. The van der Waals surface area contributed by atoms with Crippen molar-refractivity contribution in [2.75, 3.05) is 21.3 Å². The van der Waals surface area contributed by atoms with E-state index in [9.17, 15) is 5.11 Å². The van der Waals surface area contributed by atoms with Gasteiger partial charge in [-0.2, -0.15) is 5.10 Å². The number of ether oxygens (including phenoxy) is 3. The third-order valence-corrected chi connectivity index (χ3v) is 3.12. The lowest BCUT2D eigenvalue weighted by Gasteiger charge is -2.15. The summed E-state index contributed by atoms with van der Waals surface area (Å²) in [5, 5.41) is 14.6. The molecule has 0 bridgehead atoms. The van der Waals surface area contributed by atoms with Crippen LogP contribution in [0.2, 0.25) is 0 Å². The second-order valence-corrected chi connectivity index (χ2v) is 4.27. The molecule has 1 heterocycles. The van der Waals surface area contributed by atoms with Gasteiger partial charge in [0.2, 0.25) is 0 Å². The summed E-state index contributed by atoms with van der Waals surface area (Å²) in [7, 11) is 6.42. The average Bonchev–Trinajstić information content (AvgIpc) is 2.86. The molecule has 1 unspecified atom stereocenters. The molecule has 1 N–H and O–H groups in total. The van der Waals surface area contributed by atoms with Crippen LogP contribution < -0.4 is 14.2 Å². The maximum Gasteiger partial charge on any atom is 0.162 e. The van der Waals surface area contributed by atoms with Crippen LogP contribution in [0.25, 0.3) is 0 Å². The Hall–Kier alpha value is -2.21. The van der Waals surface area contributed by atoms with Gasteiger partial charge in [0.25, 0.3) is 0 Å². The SMILES string of the molecule is COc1cc(OC)cc(C(O)c2c(OC)cnn2C)c1. The molecular formula is C14H18N2O4.